The van der Waals surface area contributed by atoms with Gasteiger partial charge in [0, 0.05) is 0 Å². The van der Waals surface area contributed by atoms with Crippen LogP contribution < -0.4 is 0 Å². The lowest BCUT2D eigenvalue weighted by Crippen LogP contribution is -1.88. The molecule has 0 nitrogen and oxygen atoms in total. The van der Waals surface area contributed by atoms with Crippen molar-refractivity contribution < 1.29 is 0 Å². The molecule has 3 aromatic carbocycles. The molecule has 0 radical (unpaired) electrons. The maximum Gasteiger partial charge on any atom is -0.0154 e. The Morgan fingerprint density at radius 1 is 0.636 bits per heavy atom. The predicted octanol–water partition coefficient (Wildman–Crippen LogP) is 6.11. The monoisotopic (exact) mass is 284 g/mol. The number of hydrogen-bond acceptors (Lipinski definition) is 0. The summed E-state index contributed by atoms with van der Waals surface area (Å²) in [5, 5.41) is 0. The van der Waals surface area contributed by atoms with Crippen LogP contribution in [0.1, 0.15) is 23.6 Å². The first kappa shape index (κ1) is 14.3. The molecule has 108 valence electrons. The van der Waals surface area contributed by atoms with E-state index >= 15 is 0 Å². The van der Waals surface area contributed by atoms with E-state index in [2.05, 4.69) is 98.8 Å². The molecule has 0 aromatic heterocycles. The van der Waals surface area contributed by atoms with Gasteiger partial charge in [0.15, 0.2) is 0 Å². The molecule has 0 atom stereocenters. The number of aryl methyl sites for hydroxylation is 1. The largest absolute Gasteiger partial charge is 0.0792 e. The molecule has 0 heteroatoms. The molecule has 0 spiro atoms. The summed E-state index contributed by atoms with van der Waals surface area (Å²) in [5.41, 5.74) is 7.60. The minimum Gasteiger partial charge on any atom is -0.0792 e. The van der Waals surface area contributed by atoms with Gasteiger partial charge in [-0.1, -0.05) is 90.5 Å². The van der Waals surface area contributed by atoms with Crippen LogP contribution in [0.3, 0.4) is 0 Å². The molecule has 0 fully saturated rings. The van der Waals surface area contributed by atoms with Gasteiger partial charge in [0.25, 0.3) is 0 Å². The smallest absolute Gasteiger partial charge is 0.0154 e. The lowest BCUT2D eigenvalue weighted by molar-refractivity contribution is 1.46. The zero-order valence-corrected chi connectivity index (χ0v) is 13.1. The third-order valence-electron chi connectivity index (χ3n) is 3.95. The van der Waals surface area contributed by atoms with Crippen molar-refractivity contribution in [2.75, 3.05) is 0 Å². The molecule has 0 amide bonds. The number of benzene rings is 3. The highest BCUT2D eigenvalue weighted by Crippen LogP contribution is 2.26. The second-order valence-electron chi connectivity index (χ2n) is 5.51. The van der Waals surface area contributed by atoms with Crippen LogP contribution >= 0.6 is 0 Å². The van der Waals surface area contributed by atoms with Gasteiger partial charge in [0.2, 0.25) is 0 Å². The molecule has 0 saturated carbocycles. The summed E-state index contributed by atoms with van der Waals surface area (Å²) < 4.78 is 0. The topological polar surface area (TPSA) is 0 Å². The van der Waals surface area contributed by atoms with E-state index in [0.717, 1.165) is 0 Å². The first-order valence-corrected chi connectivity index (χ1v) is 7.67. The average Bonchev–Trinajstić information content (AvgIpc) is 2.58. The number of allylic oxidation sites excluding steroid dienone is 1. The van der Waals surface area contributed by atoms with Gasteiger partial charge in [0.05, 0.1) is 0 Å². The van der Waals surface area contributed by atoms with Crippen molar-refractivity contribution in [3.05, 3.63) is 102 Å². The first-order chi connectivity index (χ1) is 10.8. The summed E-state index contributed by atoms with van der Waals surface area (Å²) in [6.45, 7) is 4.21. The molecular weight excluding hydrogens is 264 g/mol. The van der Waals surface area contributed by atoms with Crippen molar-refractivity contribution in [1.29, 1.82) is 0 Å². The van der Waals surface area contributed by atoms with Gasteiger partial charge in [-0.25, -0.2) is 0 Å². The summed E-state index contributed by atoms with van der Waals surface area (Å²) >= 11 is 0. The van der Waals surface area contributed by atoms with Crippen LogP contribution in [0.2, 0.25) is 0 Å². The summed E-state index contributed by atoms with van der Waals surface area (Å²) in [7, 11) is 0. The zero-order valence-electron chi connectivity index (χ0n) is 13.1. The van der Waals surface area contributed by atoms with Crippen molar-refractivity contribution in [3.63, 3.8) is 0 Å². The molecule has 3 rings (SSSR count). The van der Waals surface area contributed by atoms with Crippen LogP contribution in [-0.2, 0) is 0 Å². The maximum atomic E-state index is 2.21. The Labute approximate surface area is 132 Å². The molecule has 0 bridgehead atoms. The Morgan fingerprint density at radius 2 is 1.14 bits per heavy atom. The van der Waals surface area contributed by atoms with Gasteiger partial charge in [-0.3, -0.25) is 0 Å². The van der Waals surface area contributed by atoms with E-state index in [9.17, 15) is 0 Å². The standard InChI is InChI=1S/C22H20/c1-3-22(20-7-5-4-6-8-20)21-15-13-19(14-16-21)18-11-9-17(2)10-12-18/h3-16H,1-2H3/b22-3+. The van der Waals surface area contributed by atoms with Gasteiger partial charge in [0.1, 0.15) is 0 Å². The number of rotatable bonds is 3. The van der Waals surface area contributed by atoms with Crippen molar-refractivity contribution in [3.8, 4) is 11.1 Å². The van der Waals surface area contributed by atoms with E-state index in [1.807, 2.05) is 0 Å². The normalized spacial score (nSPS) is 11.5. The molecule has 22 heavy (non-hydrogen) atoms. The van der Waals surface area contributed by atoms with Crippen LogP contribution in [0, 0.1) is 6.92 Å². The summed E-state index contributed by atoms with van der Waals surface area (Å²) in [6.07, 6.45) is 2.18. The molecule has 0 unspecified atom stereocenters. The molecule has 3 aromatic rings. The SMILES string of the molecule is C/C=C(\c1ccccc1)c1ccc(-c2ccc(C)cc2)cc1. The van der Waals surface area contributed by atoms with Crippen LogP contribution in [-0.4, -0.2) is 0 Å². The highest BCUT2D eigenvalue weighted by molar-refractivity contribution is 5.80. The summed E-state index contributed by atoms with van der Waals surface area (Å²) in [6, 6.07) is 28.0. The van der Waals surface area contributed by atoms with E-state index in [4.69, 9.17) is 0 Å². The van der Waals surface area contributed by atoms with E-state index in [1.165, 1.54) is 33.4 Å². The fourth-order valence-corrected chi connectivity index (χ4v) is 2.71. The quantitative estimate of drug-likeness (QED) is 0.544. The zero-order chi connectivity index (χ0) is 15.4. The minimum atomic E-state index is 1.25. The van der Waals surface area contributed by atoms with Crippen LogP contribution in [0.15, 0.2) is 84.9 Å². The van der Waals surface area contributed by atoms with Crippen LogP contribution in [0.5, 0.6) is 0 Å². The third kappa shape index (κ3) is 3.01. The predicted molar refractivity (Wildman–Crippen MR) is 95.8 cm³/mol. The molecule has 0 N–H and O–H groups in total. The van der Waals surface area contributed by atoms with Crippen LogP contribution in [0.4, 0.5) is 0 Å². The van der Waals surface area contributed by atoms with Gasteiger partial charge >= 0.3 is 0 Å². The molecule has 0 aliphatic heterocycles. The van der Waals surface area contributed by atoms with Gasteiger partial charge < -0.3 is 0 Å². The van der Waals surface area contributed by atoms with Crippen molar-refractivity contribution in [1.82, 2.24) is 0 Å². The molecule has 0 heterocycles. The second-order valence-corrected chi connectivity index (χ2v) is 5.51. The maximum absolute atomic E-state index is 2.21. The molecule has 0 saturated heterocycles. The fourth-order valence-electron chi connectivity index (χ4n) is 2.71. The minimum absolute atomic E-state index is 1.25. The first-order valence-electron chi connectivity index (χ1n) is 7.67. The third-order valence-corrected chi connectivity index (χ3v) is 3.95. The Kier molecular flexibility index (Phi) is 4.20. The Hall–Kier alpha value is -2.60. The highest BCUT2D eigenvalue weighted by atomic mass is 14.1. The average molecular weight is 284 g/mol. The lowest BCUT2D eigenvalue weighted by atomic mass is 9.95. The molecule has 0 aliphatic rings. The second kappa shape index (κ2) is 6.44. The highest BCUT2D eigenvalue weighted by Gasteiger charge is 2.04. The molecule has 0 aliphatic carbocycles. The Balaban J connectivity index is 1.92. The Bertz CT molecular complexity index is 761. The van der Waals surface area contributed by atoms with Crippen LogP contribution in [0.25, 0.3) is 16.7 Å². The summed E-state index contributed by atoms with van der Waals surface area (Å²) in [5.74, 6) is 0. The molecular formula is C22H20. The fraction of sp³-hybridized carbons (Fsp3) is 0.0909. The number of hydrogen-bond donors (Lipinski definition) is 0. The van der Waals surface area contributed by atoms with E-state index in [1.54, 1.807) is 0 Å². The van der Waals surface area contributed by atoms with Crippen molar-refractivity contribution in [2.45, 2.75) is 13.8 Å². The summed E-state index contributed by atoms with van der Waals surface area (Å²) in [4.78, 5) is 0. The van der Waals surface area contributed by atoms with Crippen molar-refractivity contribution >= 4 is 5.57 Å². The lowest BCUT2D eigenvalue weighted by Gasteiger charge is -2.09. The van der Waals surface area contributed by atoms with E-state index in [-0.39, 0.29) is 0 Å². The van der Waals surface area contributed by atoms with Crippen molar-refractivity contribution in [2.24, 2.45) is 0 Å². The Morgan fingerprint density at radius 3 is 1.68 bits per heavy atom. The van der Waals surface area contributed by atoms with E-state index < -0.39 is 0 Å². The van der Waals surface area contributed by atoms with E-state index in [0.29, 0.717) is 0 Å². The van der Waals surface area contributed by atoms with Gasteiger partial charge in [-0.15, -0.1) is 0 Å². The van der Waals surface area contributed by atoms with Gasteiger partial charge in [-0.05, 0) is 41.7 Å². The van der Waals surface area contributed by atoms with Gasteiger partial charge in [-0.2, -0.15) is 0 Å².